The predicted octanol–water partition coefficient (Wildman–Crippen LogP) is 5.59. The van der Waals surface area contributed by atoms with E-state index in [-0.39, 0.29) is 10.8 Å². The van der Waals surface area contributed by atoms with Crippen LogP contribution in [0.15, 0.2) is 88.4 Å². The van der Waals surface area contributed by atoms with Gasteiger partial charge in [0.05, 0.1) is 4.90 Å². The van der Waals surface area contributed by atoms with Crippen LogP contribution in [0.1, 0.15) is 42.5 Å². The van der Waals surface area contributed by atoms with E-state index in [4.69, 9.17) is 0 Å². The Hall–Kier alpha value is -3.45. The maximum Gasteiger partial charge on any atom is 0.295 e. The lowest BCUT2D eigenvalue weighted by molar-refractivity contribution is -0.117. The minimum atomic E-state index is -4.23. The Labute approximate surface area is 192 Å². The van der Waals surface area contributed by atoms with E-state index in [1.54, 1.807) is 24.3 Å². The van der Waals surface area contributed by atoms with E-state index >= 15 is 0 Å². The van der Waals surface area contributed by atoms with Crippen molar-refractivity contribution in [3.8, 4) is 0 Å². The molecule has 5 nitrogen and oxygen atoms in total. The second kappa shape index (κ2) is 8.48. The second-order valence-electron chi connectivity index (χ2n) is 8.40. The summed E-state index contributed by atoms with van der Waals surface area (Å²) in [6.07, 6.45) is 0. The lowest BCUT2D eigenvalue weighted by atomic mass is 10.0. The van der Waals surface area contributed by atoms with Crippen molar-refractivity contribution in [2.45, 2.75) is 37.6 Å². The number of halogens is 1. The number of aliphatic hydroxyl groups is 1. The molecule has 1 N–H and O–H groups in total. The zero-order chi connectivity index (χ0) is 23.9. The number of rotatable bonds is 5. The van der Waals surface area contributed by atoms with Crippen molar-refractivity contribution < 1.29 is 22.7 Å². The molecule has 1 aliphatic rings. The normalized spacial score (nSPS) is 16.7. The summed E-state index contributed by atoms with van der Waals surface area (Å²) in [7, 11) is -4.23. The van der Waals surface area contributed by atoms with Crippen LogP contribution in [-0.4, -0.2) is 19.4 Å². The molecule has 7 heteroatoms. The average molecular weight is 466 g/mol. The number of aliphatic hydroxyl groups excluding tert-OH is 1. The van der Waals surface area contributed by atoms with Crippen LogP contribution in [0.25, 0.3) is 0 Å². The number of hydrogen-bond donors (Lipinski definition) is 1. The Morgan fingerprint density at radius 2 is 1.48 bits per heavy atom. The molecule has 0 aromatic heterocycles. The topological polar surface area (TPSA) is 74.7 Å². The molecule has 3 aromatic rings. The maximum absolute atomic E-state index is 13.6. The van der Waals surface area contributed by atoms with Crippen molar-refractivity contribution in [3.63, 3.8) is 0 Å². The van der Waals surface area contributed by atoms with Gasteiger partial charge in [-0.2, -0.15) is 0 Å². The van der Waals surface area contributed by atoms with Gasteiger partial charge in [-0.1, -0.05) is 55.8 Å². The van der Waals surface area contributed by atoms with Gasteiger partial charge in [-0.3, -0.25) is 9.69 Å². The van der Waals surface area contributed by atoms with Crippen LogP contribution < -0.4 is 4.90 Å². The summed E-state index contributed by atoms with van der Waals surface area (Å²) in [6, 6.07) is 17.4. The molecule has 0 fully saturated rings. The predicted molar refractivity (Wildman–Crippen MR) is 125 cm³/mol. The van der Waals surface area contributed by atoms with Gasteiger partial charge in [0.25, 0.3) is 5.91 Å². The summed E-state index contributed by atoms with van der Waals surface area (Å²) >= 11 is 0. The summed E-state index contributed by atoms with van der Waals surface area (Å²) in [5.41, 5.74) is 2.72. The van der Waals surface area contributed by atoms with E-state index < -0.39 is 38.3 Å². The van der Waals surface area contributed by atoms with Crippen LogP contribution in [0, 0.1) is 12.7 Å². The number of benzene rings is 3. The monoisotopic (exact) mass is 465 g/mol. The molecule has 1 heterocycles. The smallest absolute Gasteiger partial charge is 0.295 e. The van der Waals surface area contributed by atoms with Crippen LogP contribution in [0.5, 0.6) is 0 Å². The number of hydrogen-bond acceptors (Lipinski definition) is 4. The number of carbonyl (C=O) groups excluding carboxylic acids is 1. The van der Waals surface area contributed by atoms with Gasteiger partial charge >= 0.3 is 0 Å². The summed E-state index contributed by atoms with van der Waals surface area (Å²) in [6.45, 7) is 5.91. The Balaban J connectivity index is 1.90. The largest absolute Gasteiger partial charge is 0.502 e. The van der Waals surface area contributed by atoms with Gasteiger partial charge in [-0.05, 0) is 60.4 Å². The second-order valence-corrected chi connectivity index (χ2v) is 10.3. The number of sulfone groups is 1. The molecule has 0 bridgehead atoms. The van der Waals surface area contributed by atoms with Crippen LogP contribution in [0.4, 0.5) is 10.1 Å². The van der Waals surface area contributed by atoms with E-state index in [2.05, 4.69) is 0 Å². The number of amides is 1. The van der Waals surface area contributed by atoms with Crippen LogP contribution >= 0.6 is 0 Å². The van der Waals surface area contributed by atoms with E-state index in [0.717, 1.165) is 11.1 Å². The molecule has 170 valence electrons. The fourth-order valence-corrected chi connectivity index (χ4v) is 5.56. The molecule has 0 aliphatic carbocycles. The molecule has 1 amide bonds. The summed E-state index contributed by atoms with van der Waals surface area (Å²) < 4.78 is 40.8. The lowest BCUT2D eigenvalue weighted by Crippen LogP contribution is -2.31. The van der Waals surface area contributed by atoms with Crippen molar-refractivity contribution in [2.75, 3.05) is 4.90 Å². The highest BCUT2D eigenvalue weighted by Gasteiger charge is 2.47. The van der Waals surface area contributed by atoms with Gasteiger partial charge in [0.1, 0.15) is 16.8 Å². The van der Waals surface area contributed by atoms with Crippen molar-refractivity contribution in [3.05, 3.63) is 106 Å². The van der Waals surface area contributed by atoms with E-state index in [1.807, 2.05) is 32.9 Å². The van der Waals surface area contributed by atoms with Gasteiger partial charge < -0.3 is 5.11 Å². The maximum atomic E-state index is 13.6. The van der Waals surface area contributed by atoms with Crippen molar-refractivity contribution in [2.24, 2.45) is 0 Å². The highest BCUT2D eigenvalue weighted by molar-refractivity contribution is 7.95. The lowest BCUT2D eigenvalue weighted by Gasteiger charge is -2.27. The first-order valence-corrected chi connectivity index (χ1v) is 12.0. The van der Waals surface area contributed by atoms with Crippen LogP contribution in [0.2, 0.25) is 0 Å². The third-order valence-electron chi connectivity index (χ3n) is 5.81. The summed E-state index contributed by atoms with van der Waals surface area (Å²) in [4.78, 5) is 14.0. The zero-order valence-electron chi connectivity index (χ0n) is 18.5. The van der Waals surface area contributed by atoms with Gasteiger partial charge in [0.15, 0.2) is 5.76 Å². The highest BCUT2D eigenvalue weighted by Crippen LogP contribution is 2.45. The van der Waals surface area contributed by atoms with Crippen LogP contribution in [-0.2, 0) is 14.6 Å². The molecule has 3 aromatic carbocycles. The summed E-state index contributed by atoms with van der Waals surface area (Å²) in [5.74, 6) is -1.89. The first kappa shape index (κ1) is 22.7. The Kier molecular flexibility index (Phi) is 5.84. The van der Waals surface area contributed by atoms with E-state index in [1.165, 1.54) is 41.3 Å². The van der Waals surface area contributed by atoms with Crippen LogP contribution in [0.3, 0.4) is 0 Å². The molecule has 1 aliphatic heterocycles. The molecular formula is C26H24FNO4S. The van der Waals surface area contributed by atoms with Gasteiger partial charge in [0.2, 0.25) is 9.84 Å². The fraction of sp³-hybridized carbons (Fsp3) is 0.192. The molecule has 0 spiro atoms. The molecule has 0 saturated heterocycles. The standard InChI is InChI=1S/C26H24FNO4S/c1-16(2)18-8-12-21(13-9-18)28-23(19-6-10-20(27)11-7-19)25(24(29)26(28)30)33(31,32)22-14-4-17(3)5-15-22/h4-16,23,29H,1-3H3/t23-/m1/s1. The molecule has 0 saturated carbocycles. The third kappa shape index (κ3) is 4.04. The minimum absolute atomic E-state index is 0.0356. The van der Waals surface area contributed by atoms with Gasteiger partial charge in [-0.15, -0.1) is 0 Å². The number of nitrogens with zero attached hydrogens (tertiary/aromatic N) is 1. The van der Waals surface area contributed by atoms with Gasteiger partial charge in [0, 0.05) is 5.69 Å². The molecule has 0 unspecified atom stereocenters. The number of carbonyl (C=O) groups is 1. The Morgan fingerprint density at radius 1 is 0.909 bits per heavy atom. The SMILES string of the molecule is Cc1ccc(S(=O)(=O)C2=C(O)C(=O)N(c3ccc(C(C)C)cc3)[C@@H]2c2ccc(F)cc2)cc1. The number of anilines is 1. The van der Waals surface area contributed by atoms with Crippen molar-refractivity contribution in [1.29, 1.82) is 0 Å². The first-order chi connectivity index (χ1) is 15.6. The molecule has 33 heavy (non-hydrogen) atoms. The van der Waals surface area contributed by atoms with E-state index in [9.17, 15) is 22.7 Å². The molecule has 1 atom stereocenters. The highest BCUT2D eigenvalue weighted by atomic mass is 32.2. The zero-order valence-corrected chi connectivity index (χ0v) is 19.3. The van der Waals surface area contributed by atoms with Crippen molar-refractivity contribution >= 4 is 21.4 Å². The molecule has 4 rings (SSSR count). The summed E-state index contributed by atoms with van der Waals surface area (Å²) in [5, 5.41) is 10.8. The Morgan fingerprint density at radius 3 is 2.03 bits per heavy atom. The average Bonchev–Trinajstić information content (AvgIpc) is 3.06. The molecule has 0 radical (unpaired) electrons. The third-order valence-corrected chi connectivity index (χ3v) is 7.69. The minimum Gasteiger partial charge on any atom is -0.502 e. The van der Waals surface area contributed by atoms with Crippen molar-refractivity contribution in [1.82, 2.24) is 0 Å². The number of aryl methyl sites for hydroxylation is 1. The Bertz CT molecular complexity index is 1330. The molecular weight excluding hydrogens is 441 g/mol. The van der Waals surface area contributed by atoms with E-state index in [0.29, 0.717) is 11.3 Å². The fourth-order valence-electron chi connectivity index (χ4n) is 3.93. The first-order valence-electron chi connectivity index (χ1n) is 10.5. The quantitative estimate of drug-likeness (QED) is 0.533. The van der Waals surface area contributed by atoms with Gasteiger partial charge in [-0.25, -0.2) is 12.8 Å².